The van der Waals surface area contributed by atoms with E-state index >= 15 is 4.79 Å². The summed E-state index contributed by atoms with van der Waals surface area (Å²) in [5, 5.41) is 12.0. The van der Waals surface area contributed by atoms with Crippen LogP contribution in [-0.2, 0) is 41.6 Å². The standard InChI is InChI=1S/C44H39ClN6O9/c1-47-34-23-37(60-4)36(59-3)22-32(34)46-31(40(47)54)16-17-48-42(56)49-18-15-28-33(51(49)43(48)57)21-30-39(53)50(26-12-8-11-25(45)19-26)41(55)44(30,24-9-6-5-7-10-24)38(28)29-20-27(58-2)13-14-35(29)52/h5-15,19-20,22-23,30,33,38,52H,16-18,21H2,1-4H3/t30-,33+,38+,44+/m0/s1. The van der Waals surface area contributed by atoms with Gasteiger partial charge in [-0.05, 0) is 54.0 Å². The summed E-state index contributed by atoms with van der Waals surface area (Å²) in [5.41, 5.74) is -0.513. The Morgan fingerprint density at radius 3 is 2.33 bits per heavy atom. The number of amides is 2. The fraction of sp³-hybridized carbons (Fsp3) is 0.273. The van der Waals surface area contributed by atoms with Crippen LogP contribution < -0.4 is 36.0 Å². The number of methoxy groups -OCH3 is 3. The van der Waals surface area contributed by atoms with E-state index in [9.17, 15) is 24.3 Å². The molecule has 0 bridgehead atoms. The van der Waals surface area contributed by atoms with Gasteiger partial charge in [0, 0.05) is 48.6 Å². The first-order valence-corrected chi connectivity index (χ1v) is 19.6. The van der Waals surface area contributed by atoms with Crippen LogP contribution in [0.15, 0.2) is 111 Å². The minimum atomic E-state index is -1.62. The highest BCUT2D eigenvalue weighted by Crippen LogP contribution is 2.63. The highest BCUT2D eigenvalue weighted by molar-refractivity contribution is 6.32. The Balaban J connectivity index is 1.19. The fourth-order valence-electron chi connectivity index (χ4n) is 9.57. The Labute approximate surface area is 346 Å². The number of ether oxygens (including phenoxy) is 3. The van der Waals surface area contributed by atoms with Crippen LogP contribution in [0.3, 0.4) is 0 Å². The van der Waals surface area contributed by atoms with Crippen LogP contribution in [-0.4, -0.2) is 61.7 Å². The van der Waals surface area contributed by atoms with Gasteiger partial charge < -0.3 is 23.9 Å². The summed E-state index contributed by atoms with van der Waals surface area (Å²) in [4.78, 5) is 78.6. The van der Waals surface area contributed by atoms with Crippen molar-refractivity contribution < 1.29 is 28.9 Å². The predicted octanol–water partition coefficient (Wildman–Crippen LogP) is 4.48. The molecule has 1 saturated heterocycles. The molecule has 2 aromatic heterocycles. The summed E-state index contributed by atoms with van der Waals surface area (Å²) in [6.45, 7) is -0.230. The number of hydrogen-bond acceptors (Lipinski definition) is 10. The van der Waals surface area contributed by atoms with Crippen molar-refractivity contribution >= 4 is 40.1 Å². The first-order valence-electron chi connectivity index (χ1n) is 19.2. The molecule has 1 aliphatic carbocycles. The van der Waals surface area contributed by atoms with Gasteiger partial charge in [-0.1, -0.05) is 54.1 Å². The van der Waals surface area contributed by atoms with E-state index in [0.29, 0.717) is 50.0 Å². The third-order valence-electron chi connectivity index (χ3n) is 12.3. The van der Waals surface area contributed by atoms with Gasteiger partial charge in [0.15, 0.2) is 11.5 Å². The molecule has 1 saturated carbocycles. The number of carbonyl (C=O) groups excluding carboxylic acids is 2. The van der Waals surface area contributed by atoms with Crippen LogP contribution in [0.2, 0.25) is 5.02 Å². The third kappa shape index (κ3) is 5.55. The van der Waals surface area contributed by atoms with Gasteiger partial charge in [-0.25, -0.2) is 33.4 Å². The average Bonchev–Trinajstić information content (AvgIpc) is 3.64. The molecule has 15 nitrogen and oxygen atoms in total. The number of phenols is 1. The summed E-state index contributed by atoms with van der Waals surface area (Å²) in [6.07, 6.45) is 1.72. The molecule has 4 aromatic carbocycles. The number of halogens is 1. The van der Waals surface area contributed by atoms with E-state index in [-0.39, 0.29) is 43.1 Å². The molecule has 0 spiro atoms. The maximum atomic E-state index is 15.4. The number of nitrogens with zero attached hydrogens (tertiary/aromatic N) is 6. The minimum Gasteiger partial charge on any atom is -0.508 e. The van der Waals surface area contributed by atoms with Gasteiger partial charge >= 0.3 is 11.4 Å². The molecule has 1 N–H and O–H groups in total. The van der Waals surface area contributed by atoms with Gasteiger partial charge in [0.1, 0.15) is 17.2 Å². The van der Waals surface area contributed by atoms with Crippen LogP contribution in [0.4, 0.5) is 5.69 Å². The predicted molar refractivity (Wildman–Crippen MR) is 221 cm³/mol. The molecular formula is C44H39ClN6O9. The lowest BCUT2D eigenvalue weighted by molar-refractivity contribution is -0.124. The molecule has 2 amide bonds. The van der Waals surface area contributed by atoms with Crippen molar-refractivity contribution in [2.24, 2.45) is 13.0 Å². The number of allylic oxidation sites excluding steroid dienone is 2. The number of rotatable bonds is 9. The van der Waals surface area contributed by atoms with E-state index in [1.165, 1.54) is 41.3 Å². The zero-order valence-corrected chi connectivity index (χ0v) is 33.8. The molecule has 3 aliphatic rings. The van der Waals surface area contributed by atoms with Gasteiger partial charge in [-0.3, -0.25) is 14.4 Å². The van der Waals surface area contributed by atoms with Crippen molar-refractivity contribution in [2.45, 2.75) is 43.3 Å². The monoisotopic (exact) mass is 830 g/mol. The average molecular weight is 831 g/mol. The van der Waals surface area contributed by atoms with Gasteiger partial charge in [-0.15, -0.1) is 0 Å². The number of phenolic OH excluding ortho intramolecular Hbond substituents is 1. The fourth-order valence-corrected chi connectivity index (χ4v) is 9.75. The first-order chi connectivity index (χ1) is 28.9. The lowest BCUT2D eigenvalue weighted by atomic mass is 9.53. The highest BCUT2D eigenvalue weighted by Gasteiger charge is 2.69. The van der Waals surface area contributed by atoms with Crippen molar-refractivity contribution in [2.75, 3.05) is 26.2 Å². The Morgan fingerprint density at radius 1 is 0.867 bits per heavy atom. The number of aromatic nitrogens is 5. The van der Waals surface area contributed by atoms with E-state index in [1.54, 1.807) is 79.8 Å². The van der Waals surface area contributed by atoms with Crippen molar-refractivity contribution in [3.8, 4) is 23.0 Å². The number of anilines is 1. The lowest BCUT2D eigenvalue weighted by Gasteiger charge is -2.49. The zero-order valence-electron chi connectivity index (χ0n) is 33.0. The van der Waals surface area contributed by atoms with Crippen molar-refractivity contribution in [1.82, 2.24) is 23.5 Å². The minimum absolute atomic E-state index is 0.0367. The molecule has 60 heavy (non-hydrogen) atoms. The second kappa shape index (κ2) is 14.4. The van der Waals surface area contributed by atoms with Gasteiger partial charge in [0.25, 0.3) is 5.56 Å². The van der Waals surface area contributed by atoms with Gasteiger partial charge in [-0.2, -0.15) is 0 Å². The Hall–Kier alpha value is -6.87. The maximum Gasteiger partial charge on any atom is 0.347 e. The molecule has 4 atom stereocenters. The number of carbonyl (C=O) groups is 2. The Morgan fingerprint density at radius 2 is 1.62 bits per heavy atom. The van der Waals surface area contributed by atoms with Crippen LogP contribution in [0.25, 0.3) is 11.0 Å². The molecular weight excluding hydrogens is 792 g/mol. The van der Waals surface area contributed by atoms with Crippen molar-refractivity contribution in [1.29, 1.82) is 0 Å². The molecule has 6 aromatic rings. The molecule has 0 radical (unpaired) electrons. The maximum absolute atomic E-state index is 15.4. The van der Waals surface area contributed by atoms with Crippen LogP contribution in [0.5, 0.6) is 23.0 Å². The number of fused-ring (bicyclic) bond motifs is 5. The van der Waals surface area contributed by atoms with Crippen LogP contribution >= 0.6 is 11.6 Å². The van der Waals surface area contributed by atoms with E-state index in [1.807, 2.05) is 12.1 Å². The number of hydrogen-bond donors (Lipinski definition) is 1. The molecule has 16 heteroatoms. The van der Waals surface area contributed by atoms with E-state index < -0.39 is 52.0 Å². The van der Waals surface area contributed by atoms with Crippen LogP contribution in [0, 0.1) is 5.92 Å². The summed E-state index contributed by atoms with van der Waals surface area (Å²) in [6, 6.07) is 22.6. The van der Waals surface area contributed by atoms with E-state index in [0.717, 1.165) is 9.47 Å². The lowest BCUT2D eigenvalue weighted by Crippen LogP contribution is -2.53. The van der Waals surface area contributed by atoms with E-state index in [4.69, 9.17) is 25.8 Å². The van der Waals surface area contributed by atoms with Crippen molar-refractivity contribution in [3.63, 3.8) is 0 Å². The quantitative estimate of drug-likeness (QED) is 0.162. The second-order valence-corrected chi connectivity index (χ2v) is 15.5. The number of aromatic hydroxyl groups is 1. The summed E-state index contributed by atoms with van der Waals surface area (Å²) in [7, 11) is 6.07. The normalized spacial score (nSPS) is 20.7. The number of aryl methyl sites for hydroxylation is 2. The number of imide groups is 1. The van der Waals surface area contributed by atoms with Gasteiger partial charge in [0.2, 0.25) is 11.8 Å². The first kappa shape index (κ1) is 38.6. The molecule has 4 heterocycles. The van der Waals surface area contributed by atoms with Crippen LogP contribution in [0.1, 0.15) is 35.2 Å². The third-order valence-corrected chi connectivity index (χ3v) is 12.5. The molecule has 306 valence electrons. The van der Waals surface area contributed by atoms with Crippen molar-refractivity contribution in [3.05, 3.63) is 150 Å². The molecule has 2 aliphatic heterocycles. The molecule has 0 unspecified atom stereocenters. The second-order valence-electron chi connectivity index (χ2n) is 15.1. The highest BCUT2D eigenvalue weighted by atomic mass is 35.5. The SMILES string of the molecule is COc1ccc(O)c([C@H]2C3=CCn4c(=O)n(CCc5nc6cc(OC)c(OC)cc6n(C)c5=O)c(=O)n4[C@@H]3C[C@H]3C(=O)N(c4cccc(Cl)c4)C(=O)[C@@]23c2ccccc2)c1. The summed E-state index contributed by atoms with van der Waals surface area (Å²) >= 11 is 6.41. The zero-order chi connectivity index (χ0) is 42.2. The van der Waals surface area contributed by atoms with Gasteiger partial charge in [0.05, 0.1) is 62.0 Å². The Bertz CT molecular complexity index is 2990. The number of benzene rings is 4. The molecule has 9 rings (SSSR count). The topological polar surface area (TPSA) is 169 Å². The largest absolute Gasteiger partial charge is 0.508 e. The molecule has 2 fully saturated rings. The summed E-state index contributed by atoms with van der Waals surface area (Å²) in [5.74, 6) is -2.04. The smallest absolute Gasteiger partial charge is 0.347 e. The van der Waals surface area contributed by atoms with E-state index in [2.05, 4.69) is 4.98 Å². The Kier molecular flexibility index (Phi) is 9.30. The summed E-state index contributed by atoms with van der Waals surface area (Å²) < 4.78 is 21.6.